The standard InChI is InChI=1S/C18H17ClN4OS/c1-11-4-5-12(2)16(10-11)23-18(20-21-22-23)25-13(3)17(24)14-6-8-15(19)9-7-14/h4-10,13H,1-3H3/t13-/m1/s1. The monoisotopic (exact) mass is 372 g/mol. The third-order valence-electron chi connectivity index (χ3n) is 3.81. The topological polar surface area (TPSA) is 60.7 Å². The van der Waals surface area contributed by atoms with Gasteiger partial charge in [0.1, 0.15) is 0 Å². The summed E-state index contributed by atoms with van der Waals surface area (Å²) in [5.74, 6) is 0.0113. The lowest BCUT2D eigenvalue weighted by atomic mass is 10.1. The molecule has 1 aromatic heterocycles. The van der Waals surface area contributed by atoms with Crippen LogP contribution in [0.25, 0.3) is 5.69 Å². The van der Waals surface area contributed by atoms with Crippen molar-refractivity contribution in [3.05, 3.63) is 64.2 Å². The van der Waals surface area contributed by atoms with Gasteiger partial charge < -0.3 is 0 Å². The molecule has 0 spiro atoms. The molecule has 0 aliphatic rings. The predicted octanol–water partition coefficient (Wildman–Crippen LogP) is 4.30. The Morgan fingerprint density at radius 3 is 2.60 bits per heavy atom. The number of hydrogen-bond donors (Lipinski definition) is 0. The highest BCUT2D eigenvalue weighted by Gasteiger charge is 2.21. The second-order valence-electron chi connectivity index (χ2n) is 5.79. The van der Waals surface area contributed by atoms with Crippen molar-refractivity contribution in [1.82, 2.24) is 20.2 Å². The molecule has 0 saturated carbocycles. The van der Waals surface area contributed by atoms with Crippen molar-refractivity contribution in [3.63, 3.8) is 0 Å². The molecule has 0 N–H and O–H groups in total. The number of thioether (sulfide) groups is 1. The minimum Gasteiger partial charge on any atom is -0.293 e. The molecular formula is C18H17ClN4OS. The number of aryl methyl sites for hydroxylation is 2. The minimum absolute atomic E-state index is 0.0113. The van der Waals surface area contributed by atoms with Crippen molar-refractivity contribution in [2.75, 3.05) is 0 Å². The van der Waals surface area contributed by atoms with Crippen molar-refractivity contribution in [1.29, 1.82) is 0 Å². The van der Waals surface area contributed by atoms with E-state index in [4.69, 9.17) is 11.6 Å². The molecule has 25 heavy (non-hydrogen) atoms. The highest BCUT2D eigenvalue weighted by molar-refractivity contribution is 8.00. The van der Waals surface area contributed by atoms with Gasteiger partial charge in [0.25, 0.3) is 0 Å². The van der Waals surface area contributed by atoms with Gasteiger partial charge in [0.2, 0.25) is 5.16 Å². The molecule has 7 heteroatoms. The number of carbonyl (C=O) groups excluding carboxylic acids is 1. The van der Waals surface area contributed by atoms with Crippen LogP contribution in [0.2, 0.25) is 5.02 Å². The Bertz CT molecular complexity index is 908. The summed E-state index contributed by atoms with van der Waals surface area (Å²) in [7, 11) is 0. The molecule has 0 amide bonds. The fourth-order valence-corrected chi connectivity index (χ4v) is 3.42. The number of rotatable bonds is 5. The maximum Gasteiger partial charge on any atom is 0.214 e. The first kappa shape index (κ1) is 17.6. The zero-order chi connectivity index (χ0) is 18.0. The zero-order valence-corrected chi connectivity index (χ0v) is 15.7. The molecule has 128 valence electrons. The summed E-state index contributed by atoms with van der Waals surface area (Å²) < 4.78 is 1.68. The highest BCUT2D eigenvalue weighted by atomic mass is 35.5. The molecule has 0 unspecified atom stereocenters. The van der Waals surface area contributed by atoms with Gasteiger partial charge in [-0.15, -0.1) is 5.10 Å². The second kappa shape index (κ2) is 7.37. The lowest BCUT2D eigenvalue weighted by Gasteiger charge is -2.12. The van der Waals surface area contributed by atoms with E-state index in [1.165, 1.54) is 11.8 Å². The van der Waals surface area contributed by atoms with Crippen molar-refractivity contribution in [2.24, 2.45) is 0 Å². The average molecular weight is 373 g/mol. The summed E-state index contributed by atoms with van der Waals surface area (Å²) in [5, 5.41) is 12.8. The number of benzene rings is 2. The summed E-state index contributed by atoms with van der Waals surface area (Å²) >= 11 is 7.22. The first-order valence-electron chi connectivity index (χ1n) is 7.78. The van der Waals surface area contributed by atoms with E-state index in [-0.39, 0.29) is 11.0 Å². The molecule has 1 heterocycles. The fourth-order valence-electron chi connectivity index (χ4n) is 2.41. The molecule has 0 bridgehead atoms. The van der Waals surface area contributed by atoms with Crippen molar-refractivity contribution < 1.29 is 4.79 Å². The van der Waals surface area contributed by atoms with Gasteiger partial charge in [-0.1, -0.05) is 35.5 Å². The van der Waals surface area contributed by atoms with Crippen LogP contribution in [-0.4, -0.2) is 31.2 Å². The number of Topliss-reactive ketones (excluding diaryl/α,β-unsaturated/α-hetero) is 1. The number of hydrogen-bond acceptors (Lipinski definition) is 5. The van der Waals surface area contributed by atoms with Crippen molar-refractivity contribution >= 4 is 29.1 Å². The largest absolute Gasteiger partial charge is 0.293 e. The van der Waals surface area contributed by atoms with E-state index in [0.717, 1.165) is 16.8 Å². The zero-order valence-electron chi connectivity index (χ0n) is 14.1. The maximum atomic E-state index is 12.6. The fraction of sp³-hybridized carbons (Fsp3) is 0.222. The Kier molecular flexibility index (Phi) is 5.20. The average Bonchev–Trinajstić information content (AvgIpc) is 3.05. The lowest BCUT2D eigenvalue weighted by Crippen LogP contribution is -2.14. The SMILES string of the molecule is Cc1ccc(C)c(-n2nnnc2S[C@H](C)C(=O)c2ccc(Cl)cc2)c1. The van der Waals surface area contributed by atoms with Gasteiger partial charge in [0, 0.05) is 10.6 Å². The maximum absolute atomic E-state index is 12.6. The van der Waals surface area contributed by atoms with Crippen LogP contribution in [-0.2, 0) is 0 Å². The van der Waals surface area contributed by atoms with Gasteiger partial charge in [-0.05, 0) is 72.7 Å². The molecule has 0 radical (unpaired) electrons. The molecule has 3 rings (SSSR count). The molecule has 1 atom stereocenters. The molecular weight excluding hydrogens is 356 g/mol. The van der Waals surface area contributed by atoms with E-state index in [9.17, 15) is 4.79 Å². The summed E-state index contributed by atoms with van der Waals surface area (Å²) in [6, 6.07) is 13.0. The van der Waals surface area contributed by atoms with Gasteiger partial charge in [0.15, 0.2) is 5.78 Å². The second-order valence-corrected chi connectivity index (χ2v) is 7.54. The minimum atomic E-state index is -0.323. The first-order valence-corrected chi connectivity index (χ1v) is 9.04. The summed E-state index contributed by atoms with van der Waals surface area (Å²) in [6.45, 7) is 5.88. The van der Waals surface area contributed by atoms with Gasteiger partial charge in [0.05, 0.1) is 10.9 Å². The Labute approximate surface area is 155 Å². The number of aromatic nitrogens is 4. The summed E-state index contributed by atoms with van der Waals surface area (Å²) in [5.41, 5.74) is 3.72. The normalized spacial score (nSPS) is 12.2. The Morgan fingerprint density at radius 1 is 1.16 bits per heavy atom. The van der Waals surface area contributed by atoms with Crippen LogP contribution in [0.4, 0.5) is 0 Å². The quantitative estimate of drug-likeness (QED) is 0.493. The predicted molar refractivity (Wildman–Crippen MR) is 99.7 cm³/mol. The number of tetrazole rings is 1. The molecule has 5 nitrogen and oxygen atoms in total. The van der Waals surface area contributed by atoms with E-state index in [1.54, 1.807) is 28.9 Å². The van der Waals surface area contributed by atoms with E-state index >= 15 is 0 Å². The smallest absolute Gasteiger partial charge is 0.214 e. The highest BCUT2D eigenvalue weighted by Crippen LogP contribution is 2.27. The van der Waals surface area contributed by atoms with Gasteiger partial charge in [-0.2, -0.15) is 4.68 Å². The van der Waals surface area contributed by atoms with Crippen LogP contribution < -0.4 is 0 Å². The van der Waals surface area contributed by atoms with Gasteiger partial charge >= 0.3 is 0 Å². The molecule has 0 aliphatic carbocycles. The van der Waals surface area contributed by atoms with Crippen molar-refractivity contribution in [2.45, 2.75) is 31.2 Å². The lowest BCUT2D eigenvalue weighted by molar-refractivity contribution is 0.0994. The van der Waals surface area contributed by atoms with Gasteiger partial charge in [-0.3, -0.25) is 4.79 Å². The van der Waals surface area contributed by atoms with Crippen LogP contribution in [0.3, 0.4) is 0 Å². The van der Waals surface area contributed by atoms with Crippen LogP contribution in [0.15, 0.2) is 47.6 Å². The van der Waals surface area contributed by atoms with Gasteiger partial charge in [-0.25, -0.2) is 0 Å². The third kappa shape index (κ3) is 3.91. The van der Waals surface area contributed by atoms with E-state index in [2.05, 4.69) is 15.5 Å². The summed E-state index contributed by atoms with van der Waals surface area (Å²) in [4.78, 5) is 12.6. The Balaban J connectivity index is 1.84. The molecule has 0 fully saturated rings. The van der Waals surface area contributed by atoms with Crippen LogP contribution in [0, 0.1) is 13.8 Å². The van der Waals surface area contributed by atoms with Crippen LogP contribution >= 0.6 is 23.4 Å². The number of nitrogens with zero attached hydrogens (tertiary/aromatic N) is 4. The molecule has 2 aromatic carbocycles. The number of carbonyl (C=O) groups is 1. The van der Waals surface area contributed by atoms with E-state index in [1.807, 2.05) is 39.0 Å². The van der Waals surface area contributed by atoms with Crippen LogP contribution in [0.5, 0.6) is 0 Å². The third-order valence-corrected chi connectivity index (χ3v) is 5.10. The first-order chi connectivity index (χ1) is 12.0. The summed E-state index contributed by atoms with van der Waals surface area (Å²) in [6.07, 6.45) is 0. The van der Waals surface area contributed by atoms with E-state index in [0.29, 0.717) is 15.7 Å². The molecule has 3 aromatic rings. The molecule has 0 aliphatic heterocycles. The number of halogens is 1. The van der Waals surface area contributed by atoms with E-state index < -0.39 is 0 Å². The molecule has 0 saturated heterocycles. The Hall–Kier alpha value is -2.18. The Morgan fingerprint density at radius 2 is 1.88 bits per heavy atom. The van der Waals surface area contributed by atoms with Crippen molar-refractivity contribution in [3.8, 4) is 5.69 Å². The number of ketones is 1. The van der Waals surface area contributed by atoms with Crippen LogP contribution in [0.1, 0.15) is 28.4 Å².